The molecule has 3 unspecified atom stereocenters. The first kappa shape index (κ1) is 10.5. The van der Waals surface area contributed by atoms with Crippen LogP contribution >= 0.6 is 0 Å². The van der Waals surface area contributed by atoms with Crippen LogP contribution in [0.15, 0.2) is 0 Å². The third kappa shape index (κ3) is 2.69. The lowest BCUT2D eigenvalue weighted by atomic mass is 9.91. The number of hydrogen-bond donors (Lipinski definition) is 1. The Balaban J connectivity index is 2.45. The van der Waals surface area contributed by atoms with E-state index >= 15 is 0 Å². The van der Waals surface area contributed by atoms with Crippen molar-refractivity contribution < 1.29 is 9.53 Å². The maximum Gasteiger partial charge on any atom is 0.306 e. The van der Waals surface area contributed by atoms with Gasteiger partial charge in [-0.15, -0.1) is 0 Å². The third-order valence-corrected chi connectivity index (χ3v) is 2.88. The number of ether oxygens (including phenoxy) is 1. The van der Waals surface area contributed by atoms with Crippen LogP contribution in [0, 0.1) is 5.92 Å². The first-order chi connectivity index (χ1) is 6.15. The van der Waals surface area contributed by atoms with Crippen molar-refractivity contribution in [3.63, 3.8) is 0 Å². The average molecular weight is 185 g/mol. The van der Waals surface area contributed by atoms with E-state index in [1.165, 1.54) is 0 Å². The van der Waals surface area contributed by atoms with Crippen LogP contribution in [0.1, 0.15) is 39.5 Å². The molecule has 2 N–H and O–H groups in total. The van der Waals surface area contributed by atoms with E-state index in [1.807, 2.05) is 0 Å². The quantitative estimate of drug-likeness (QED) is 0.677. The van der Waals surface area contributed by atoms with Gasteiger partial charge in [0.2, 0.25) is 0 Å². The molecule has 0 aliphatic carbocycles. The van der Waals surface area contributed by atoms with Crippen LogP contribution in [-0.2, 0) is 9.53 Å². The number of esters is 1. The Morgan fingerprint density at radius 1 is 1.69 bits per heavy atom. The second-order valence-corrected chi connectivity index (χ2v) is 3.88. The van der Waals surface area contributed by atoms with E-state index in [9.17, 15) is 4.79 Å². The standard InChI is InChI=1S/C10H19NO2/c1-3-7(2)10(11)8-5-4-6-9(12)13-8/h7-8,10H,3-6,11H2,1-2H3. The highest BCUT2D eigenvalue weighted by Gasteiger charge is 2.28. The summed E-state index contributed by atoms with van der Waals surface area (Å²) < 4.78 is 5.21. The normalized spacial score (nSPS) is 27.9. The van der Waals surface area contributed by atoms with Crippen LogP contribution in [0.2, 0.25) is 0 Å². The predicted octanol–water partition coefficient (Wildman–Crippen LogP) is 1.46. The molecule has 1 rings (SSSR count). The largest absolute Gasteiger partial charge is 0.461 e. The molecule has 13 heavy (non-hydrogen) atoms. The Bertz CT molecular complexity index is 182. The Labute approximate surface area is 79.6 Å². The molecule has 0 saturated carbocycles. The van der Waals surface area contributed by atoms with E-state index in [0.29, 0.717) is 12.3 Å². The van der Waals surface area contributed by atoms with Crippen molar-refractivity contribution in [3.05, 3.63) is 0 Å². The molecule has 0 aromatic carbocycles. The minimum atomic E-state index is -0.0880. The van der Waals surface area contributed by atoms with Crippen LogP contribution in [0.25, 0.3) is 0 Å². The van der Waals surface area contributed by atoms with Gasteiger partial charge >= 0.3 is 5.97 Å². The molecule has 76 valence electrons. The number of cyclic esters (lactones) is 1. The Morgan fingerprint density at radius 2 is 2.38 bits per heavy atom. The predicted molar refractivity (Wildman–Crippen MR) is 51.2 cm³/mol. The van der Waals surface area contributed by atoms with Gasteiger partial charge in [0.25, 0.3) is 0 Å². The van der Waals surface area contributed by atoms with Gasteiger partial charge in [-0.05, 0) is 18.8 Å². The number of rotatable bonds is 3. The monoisotopic (exact) mass is 185 g/mol. The molecule has 3 heteroatoms. The highest BCUT2D eigenvalue weighted by Crippen LogP contribution is 2.21. The van der Waals surface area contributed by atoms with Gasteiger partial charge in [0, 0.05) is 12.5 Å². The van der Waals surface area contributed by atoms with E-state index in [4.69, 9.17) is 10.5 Å². The van der Waals surface area contributed by atoms with E-state index in [0.717, 1.165) is 19.3 Å². The number of carbonyl (C=O) groups excluding carboxylic acids is 1. The van der Waals surface area contributed by atoms with Gasteiger partial charge in [-0.2, -0.15) is 0 Å². The summed E-state index contributed by atoms with van der Waals surface area (Å²) in [5.74, 6) is 0.339. The van der Waals surface area contributed by atoms with E-state index in [2.05, 4.69) is 13.8 Å². The van der Waals surface area contributed by atoms with E-state index in [-0.39, 0.29) is 18.1 Å². The fourth-order valence-corrected chi connectivity index (χ4v) is 1.64. The Morgan fingerprint density at radius 3 is 2.92 bits per heavy atom. The minimum Gasteiger partial charge on any atom is -0.461 e. The lowest BCUT2D eigenvalue weighted by Crippen LogP contribution is -2.44. The van der Waals surface area contributed by atoms with Crippen molar-refractivity contribution in [2.75, 3.05) is 0 Å². The van der Waals surface area contributed by atoms with Crippen LogP contribution in [0.4, 0.5) is 0 Å². The lowest BCUT2D eigenvalue weighted by molar-refractivity contribution is -0.155. The highest BCUT2D eigenvalue weighted by molar-refractivity contribution is 5.70. The van der Waals surface area contributed by atoms with Crippen LogP contribution in [-0.4, -0.2) is 18.1 Å². The Kier molecular flexibility index (Phi) is 3.72. The van der Waals surface area contributed by atoms with Crippen molar-refractivity contribution in [2.24, 2.45) is 11.7 Å². The second-order valence-electron chi connectivity index (χ2n) is 3.88. The molecule has 3 nitrogen and oxygen atoms in total. The zero-order chi connectivity index (χ0) is 9.84. The van der Waals surface area contributed by atoms with Crippen molar-refractivity contribution in [2.45, 2.75) is 51.7 Å². The molecule has 1 fully saturated rings. The molecular weight excluding hydrogens is 166 g/mol. The molecule has 1 saturated heterocycles. The van der Waals surface area contributed by atoms with Gasteiger partial charge in [0.05, 0.1) is 0 Å². The zero-order valence-electron chi connectivity index (χ0n) is 8.45. The van der Waals surface area contributed by atoms with Gasteiger partial charge in [0.1, 0.15) is 6.10 Å². The molecular formula is C10H19NO2. The van der Waals surface area contributed by atoms with E-state index in [1.54, 1.807) is 0 Å². The molecule has 0 aromatic heterocycles. The smallest absolute Gasteiger partial charge is 0.306 e. The van der Waals surface area contributed by atoms with Crippen molar-refractivity contribution in [3.8, 4) is 0 Å². The maximum absolute atomic E-state index is 11.0. The average Bonchev–Trinajstić information content (AvgIpc) is 2.15. The van der Waals surface area contributed by atoms with Gasteiger partial charge in [-0.1, -0.05) is 20.3 Å². The fraction of sp³-hybridized carbons (Fsp3) is 0.900. The zero-order valence-corrected chi connectivity index (χ0v) is 8.45. The van der Waals surface area contributed by atoms with Gasteiger partial charge < -0.3 is 10.5 Å². The summed E-state index contributed by atoms with van der Waals surface area (Å²) in [5.41, 5.74) is 5.99. The molecule has 0 bridgehead atoms. The summed E-state index contributed by atoms with van der Waals surface area (Å²) in [4.78, 5) is 11.0. The van der Waals surface area contributed by atoms with Crippen molar-refractivity contribution in [1.29, 1.82) is 0 Å². The fourth-order valence-electron chi connectivity index (χ4n) is 1.64. The molecule has 0 amide bonds. The molecule has 0 aromatic rings. The minimum absolute atomic E-state index is 0.00856. The first-order valence-electron chi connectivity index (χ1n) is 5.10. The summed E-state index contributed by atoms with van der Waals surface area (Å²) >= 11 is 0. The summed E-state index contributed by atoms with van der Waals surface area (Å²) in [6.45, 7) is 4.21. The highest BCUT2D eigenvalue weighted by atomic mass is 16.5. The topological polar surface area (TPSA) is 52.3 Å². The molecule has 0 radical (unpaired) electrons. The third-order valence-electron chi connectivity index (χ3n) is 2.88. The number of carbonyl (C=O) groups is 1. The summed E-state index contributed by atoms with van der Waals surface area (Å²) in [7, 11) is 0. The summed E-state index contributed by atoms with van der Waals surface area (Å²) in [6, 6.07) is 0.00856. The van der Waals surface area contributed by atoms with Crippen LogP contribution < -0.4 is 5.73 Å². The van der Waals surface area contributed by atoms with Gasteiger partial charge in [0.15, 0.2) is 0 Å². The molecule has 0 spiro atoms. The van der Waals surface area contributed by atoms with Crippen LogP contribution in [0.5, 0.6) is 0 Å². The molecule has 3 atom stereocenters. The number of nitrogens with two attached hydrogens (primary N) is 1. The van der Waals surface area contributed by atoms with Gasteiger partial charge in [-0.25, -0.2) is 0 Å². The summed E-state index contributed by atoms with van der Waals surface area (Å²) in [5, 5.41) is 0. The first-order valence-corrected chi connectivity index (χ1v) is 5.10. The van der Waals surface area contributed by atoms with Crippen molar-refractivity contribution in [1.82, 2.24) is 0 Å². The lowest BCUT2D eigenvalue weighted by Gasteiger charge is -2.30. The SMILES string of the molecule is CCC(C)C(N)C1CCCC(=O)O1. The van der Waals surface area contributed by atoms with Crippen LogP contribution in [0.3, 0.4) is 0 Å². The second kappa shape index (κ2) is 4.61. The summed E-state index contributed by atoms with van der Waals surface area (Å²) in [6.07, 6.45) is 3.40. The van der Waals surface area contributed by atoms with Crippen molar-refractivity contribution >= 4 is 5.97 Å². The molecule has 1 aliphatic heterocycles. The molecule has 1 aliphatic rings. The number of hydrogen-bond acceptors (Lipinski definition) is 3. The molecule has 1 heterocycles. The maximum atomic E-state index is 11.0. The van der Waals surface area contributed by atoms with Gasteiger partial charge in [-0.3, -0.25) is 4.79 Å². The Hall–Kier alpha value is -0.570. The van der Waals surface area contributed by atoms with E-state index < -0.39 is 0 Å².